The fraction of sp³-hybridized carbons (Fsp3) is 0.350. The molecule has 132 valence electrons. The smallest absolute Gasteiger partial charge is 0.251 e. The van der Waals surface area contributed by atoms with Crippen molar-refractivity contribution in [3.8, 4) is 11.5 Å². The maximum atomic E-state index is 12.7. The fourth-order valence-electron chi connectivity index (χ4n) is 2.86. The van der Waals surface area contributed by atoms with Gasteiger partial charge in [-0.05, 0) is 42.3 Å². The van der Waals surface area contributed by atoms with Gasteiger partial charge in [-0.25, -0.2) is 0 Å². The van der Waals surface area contributed by atoms with Crippen LogP contribution in [-0.2, 0) is 0 Å². The maximum Gasteiger partial charge on any atom is 0.251 e. The minimum atomic E-state index is -0.0783. The number of ether oxygens (including phenoxy) is 2. The zero-order chi connectivity index (χ0) is 17.8. The van der Waals surface area contributed by atoms with Crippen LogP contribution in [-0.4, -0.2) is 33.2 Å². The van der Waals surface area contributed by atoms with Crippen LogP contribution >= 0.6 is 0 Å². The topological polar surface area (TPSA) is 50.8 Å². The number of anilines is 1. The number of fused-ring (bicyclic) bond motifs is 1. The van der Waals surface area contributed by atoms with E-state index in [2.05, 4.69) is 12.2 Å². The van der Waals surface area contributed by atoms with Gasteiger partial charge in [0, 0.05) is 25.3 Å². The highest BCUT2D eigenvalue weighted by atomic mass is 16.6. The van der Waals surface area contributed by atoms with Gasteiger partial charge in [0.25, 0.3) is 5.91 Å². The van der Waals surface area contributed by atoms with Crippen molar-refractivity contribution in [2.45, 2.75) is 19.4 Å². The SMILES string of the molecule is CCC(NC(=O)c1cccc(N(C)C)c1)c1ccc2c(c1)OCCO2. The van der Waals surface area contributed by atoms with Crippen LogP contribution in [0.25, 0.3) is 0 Å². The molecule has 25 heavy (non-hydrogen) atoms. The third kappa shape index (κ3) is 3.87. The third-order valence-corrected chi connectivity index (χ3v) is 4.31. The van der Waals surface area contributed by atoms with E-state index in [9.17, 15) is 4.79 Å². The number of amides is 1. The first-order valence-electron chi connectivity index (χ1n) is 8.56. The van der Waals surface area contributed by atoms with E-state index in [-0.39, 0.29) is 11.9 Å². The van der Waals surface area contributed by atoms with Gasteiger partial charge in [-0.1, -0.05) is 19.1 Å². The van der Waals surface area contributed by atoms with Crippen LogP contribution in [0.3, 0.4) is 0 Å². The highest BCUT2D eigenvalue weighted by Crippen LogP contribution is 2.33. The number of nitrogens with zero attached hydrogens (tertiary/aromatic N) is 1. The zero-order valence-corrected chi connectivity index (χ0v) is 14.9. The lowest BCUT2D eigenvalue weighted by Gasteiger charge is -2.22. The summed E-state index contributed by atoms with van der Waals surface area (Å²) in [5.41, 5.74) is 2.67. The molecule has 2 aromatic rings. The summed E-state index contributed by atoms with van der Waals surface area (Å²) >= 11 is 0. The second kappa shape index (κ2) is 7.47. The molecule has 1 atom stereocenters. The summed E-state index contributed by atoms with van der Waals surface area (Å²) in [6, 6.07) is 13.4. The first-order chi connectivity index (χ1) is 12.1. The average Bonchev–Trinajstić information content (AvgIpc) is 2.65. The normalized spacial score (nSPS) is 13.9. The molecule has 2 aromatic carbocycles. The lowest BCUT2D eigenvalue weighted by atomic mass is 10.0. The first kappa shape index (κ1) is 17.1. The predicted octanol–water partition coefficient (Wildman–Crippen LogP) is 3.40. The van der Waals surface area contributed by atoms with Crippen molar-refractivity contribution in [3.63, 3.8) is 0 Å². The van der Waals surface area contributed by atoms with Crippen molar-refractivity contribution >= 4 is 11.6 Å². The van der Waals surface area contributed by atoms with Crippen molar-refractivity contribution in [2.75, 3.05) is 32.2 Å². The van der Waals surface area contributed by atoms with Crippen molar-refractivity contribution in [2.24, 2.45) is 0 Å². The Morgan fingerprint density at radius 3 is 2.60 bits per heavy atom. The third-order valence-electron chi connectivity index (χ3n) is 4.31. The Morgan fingerprint density at radius 2 is 1.88 bits per heavy atom. The molecule has 0 aliphatic carbocycles. The minimum absolute atomic E-state index is 0.0775. The fourth-order valence-corrected chi connectivity index (χ4v) is 2.86. The standard InChI is InChI=1S/C20H24N2O3/c1-4-17(14-8-9-18-19(13-14)25-11-10-24-18)21-20(23)15-6-5-7-16(12-15)22(2)3/h5-9,12-13,17H,4,10-11H2,1-3H3,(H,21,23). The molecule has 0 saturated heterocycles. The molecule has 1 N–H and O–H groups in total. The molecule has 1 aliphatic rings. The van der Waals surface area contributed by atoms with E-state index in [1.807, 2.05) is 61.5 Å². The van der Waals surface area contributed by atoms with Crippen LogP contribution in [0, 0.1) is 0 Å². The number of hydrogen-bond donors (Lipinski definition) is 1. The largest absolute Gasteiger partial charge is 0.486 e. The first-order valence-corrected chi connectivity index (χ1v) is 8.56. The Morgan fingerprint density at radius 1 is 1.12 bits per heavy atom. The van der Waals surface area contributed by atoms with Crippen LogP contribution in [0.4, 0.5) is 5.69 Å². The molecule has 5 heteroatoms. The Kier molecular flexibility index (Phi) is 5.12. The lowest BCUT2D eigenvalue weighted by Crippen LogP contribution is -2.28. The van der Waals surface area contributed by atoms with E-state index in [1.165, 1.54) is 0 Å². The maximum absolute atomic E-state index is 12.7. The van der Waals surface area contributed by atoms with Gasteiger partial charge in [0.15, 0.2) is 11.5 Å². The minimum Gasteiger partial charge on any atom is -0.486 e. The average molecular weight is 340 g/mol. The van der Waals surface area contributed by atoms with E-state index >= 15 is 0 Å². The molecule has 3 rings (SSSR count). The molecule has 0 fully saturated rings. The molecule has 1 aliphatic heterocycles. The Hall–Kier alpha value is -2.69. The summed E-state index contributed by atoms with van der Waals surface area (Å²) in [6.45, 7) is 3.18. The molecule has 5 nitrogen and oxygen atoms in total. The number of benzene rings is 2. The van der Waals surface area contributed by atoms with Gasteiger partial charge in [0.2, 0.25) is 0 Å². The van der Waals surface area contributed by atoms with Crippen molar-refractivity contribution in [1.82, 2.24) is 5.32 Å². The van der Waals surface area contributed by atoms with E-state index in [1.54, 1.807) is 0 Å². The van der Waals surface area contributed by atoms with E-state index in [0.717, 1.165) is 29.2 Å². The predicted molar refractivity (Wildman–Crippen MR) is 98.7 cm³/mol. The molecular weight excluding hydrogens is 316 g/mol. The number of nitrogens with one attached hydrogen (secondary N) is 1. The van der Waals surface area contributed by atoms with Gasteiger partial charge in [-0.2, -0.15) is 0 Å². The van der Waals surface area contributed by atoms with E-state index in [0.29, 0.717) is 18.8 Å². The Bertz CT molecular complexity index is 758. The van der Waals surface area contributed by atoms with Crippen LogP contribution in [0.2, 0.25) is 0 Å². The van der Waals surface area contributed by atoms with Gasteiger partial charge >= 0.3 is 0 Å². The Balaban J connectivity index is 1.78. The molecular formula is C20H24N2O3. The summed E-state index contributed by atoms with van der Waals surface area (Å²) in [6.07, 6.45) is 0.790. The molecule has 0 aromatic heterocycles. The van der Waals surface area contributed by atoms with Gasteiger partial charge in [0.05, 0.1) is 6.04 Å². The van der Waals surface area contributed by atoms with E-state index < -0.39 is 0 Å². The molecule has 1 amide bonds. The second-order valence-electron chi connectivity index (χ2n) is 6.28. The summed E-state index contributed by atoms with van der Waals surface area (Å²) in [5, 5.41) is 3.12. The summed E-state index contributed by atoms with van der Waals surface area (Å²) < 4.78 is 11.2. The number of hydrogen-bond acceptors (Lipinski definition) is 4. The van der Waals surface area contributed by atoms with Crippen molar-refractivity contribution in [3.05, 3.63) is 53.6 Å². The lowest BCUT2D eigenvalue weighted by molar-refractivity contribution is 0.0935. The van der Waals surface area contributed by atoms with Crippen LogP contribution in [0.15, 0.2) is 42.5 Å². The quantitative estimate of drug-likeness (QED) is 0.906. The Labute approximate surface area is 148 Å². The van der Waals surface area contributed by atoms with Gasteiger partial charge in [0.1, 0.15) is 13.2 Å². The zero-order valence-electron chi connectivity index (χ0n) is 14.9. The summed E-state index contributed by atoms with van der Waals surface area (Å²) in [5.74, 6) is 1.42. The molecule has 0 saturated carbocycles. The molecule has 1 unspecified atom stereocenters. The molecule has 0 bridgehead atoms. The number of rotatable bonds is 5. The molecule has 0 radical (unpaired) electrons. The van der Waals surface area contributed by atoms with Crippen LogP contribution < -0.4 is 19.7 Å². The highest BCUT2D eigenvalue weighted by molar-refractivity contribution is 5.95. The summed E-state index contributed by atoms with van der Waals surface area (Å²) in [4.78, 5) is 14.6. The van der Waals surface area contributed by atoms with Gasteiger partial charge in [-0.3, -0.25) is 4.79 Å². The van der Waals surface area contributed by atoms with Crippen LogP contribution in [0.5, 0.6) is 11.5 Å². The molecule has 0 spiro atoms. The number of carbonyl (C=O) groups is 1. The van der Waals surface area contributed by atoms with Gasteiger partial charge in [-0.15, -0.1) is 0 Å². The van der Waals surface area contributed by atoms with Crippen molar-refractivity contribution < 1.29 is 14.3 Å². The summed E-state index contributed by atoms with van der Waals surface area (Å²) in [7, 11) is 3.92. The van der Waals surface area contributed by atoms with Gasteiger partial charge < -0.3 is 19.7 Å². The highest BCUT2D eigenvalue weighted by Gasteiger charge is 2.18. The van der Waals surface area contributed by atoms with E-state index in [4.69, 9.17) is 9.47 Å². The number of carbonyl (C=O) groups excluding carboxylic acids is 1. The van der Waals surface area contributed by atoms with Crippen LogP contribution in [0.1, 0.15) is 35.3 Å². The molecule has 1 heterocycles. The monoisotopic (exact) mass is 340 g/mol. The van der Waals surface area contributed by atoms with Crippen molar-refractivity contribution in [1.29, 1.82) is 0 Å². The second-order valence-corrected chi connectivity index (χ2v) is 6.28.